The van der Waals surface area contributed by atoms with Crippen molar-refractivity contribution >= 4 is 46.3 Å². The molecule has 0 radical (unpaired) electrons. The number of halogens is 1. The SMILES string of the molecule is O=C(CSc1nc(-c2ccc(F)cc2)cs1)Nc1cccc(N2CCCC2=O)c1. The highest BCUT2D eigenvalue weighted by Crippen LogP contribution is 2.29. The molecule has 0 spiro atoms. The van der Waals surface area contributed by atoms with E-state index in [-0.39, 0.29) is 23.4 Å². The van der Waals surface area contributed by atoms with Crippen LogP contribution < -0.4 is 10.2 Å². The number of carbonyl (C=O) groups excluding carboxylic acids is 2. The van der Waals surface area contributed by atoms with Crippen LogP contribution in [0.15, 0.2) is 58.3 Å². The van der Waals surface area contributed by atoms with Crippen LogP contribution in [-0.4, -0.2) is 29.1 Å². The number of amides is 2. The molecule has 29 heavy (non-hydrogen) atoms. The molecule has 0 atom stereocenters. The smallest absolute Gasteiger partial charge is 0.234 e. The first kappa shape index (κ1) is 19.6. The third-order valence-electron chi connectivity index (χ3n) is 4.46. The minimum Gasteiger partial charge on any atom is -0.325 e. The Kier molecular flexibility index (Phi) is 5.92. The summed E-state index contributed by atoms with van der Waals surface area (Å²) in [5, 5.41) is 4.77. The number of hydrogen-bond donors (Lipinski definition) is 1. The van der Waals surface area contributed by atoms with Gasteiger partial charge in [0.2, 0.25) is 11.8 Å². The second kappa shape index (κ2) is 8.75. The Morgan fingerprint density at radius 1 is 1.24 bits per heavy atom. The lowest BCUT2D eigenvalue weighted by molar-refractivity contribution is -0.117. The Hall–Kier alpha value is -2.71. The minimum absolute atomic E-state index is 0.116. The molecule has 0 saturated carbocycles. The maximum absolute atomic E-state index is 13.0. The summed E-state index contributed by atoms with van der Waals surface area (Å²) in [6, 6.07) is 13.5. The molecule has 1 fully saturated rings. The predicted molar refractivity (Wildman–Crippen MR) is 115 cm³/mol. The summed E-state index contributed by atoms with van der Waals surface area (Å²) in [5.41, 5.74) is 3.08. The average Bonchev–Trinajstić information content (AvgIpc) is 3.36. The van der Waals surface area contributed by atoms with Gasteiger partial charge in [-0.2, -0.15) is 0 Å². The van der Waals surface area contributed by atoms with Gasteiger partial charge in [0.1, 0.15) is 5.82 Å². The van der Waals surface area contributed by atoms with Crippen LogP contribution in [0, 0.1) is 5.82 Å². The highest BCUT2D eigenvalue weighted by Gasteiger charge is 2.21. The van der Waals surface area contributed by atoms with Gasteiger partial charge in [-0.25, -0.2) is 9.37 Å². The highest BCUT2D eigenvalue weighted by molar-refractivity contribution is 8.01. The number of thiazole rings is 1. The Labute approximate surface area is 176 Å². The Balaban J connectivity index is 1.34. The van der Waals surface area contributed by atoms with Crippen molar-refractivity contribution in [1.29, 1.82) is 0 Å². The molecule has 2 amide bonds. The lowest BCUT2D eigenvalue weighted by Gasteiger charge is -2.16. The molecule has 148 valence electrons. The second-order valence-electron chi connectivity index (χ2n) is 6.54. The summed E-state index contributed by atoms with van der Waals surface area (Å²) < 4.78 is 13.8. The number of benzene rings is 2. The van der Waals surface area contributed by atoms with Crippen molar-refractivity contribution in [3.05, 3.63) is 59.7 Å². The topological polar surface area (TPSA) is 62.3 Å². The summed E-state index contributed by atoms with van der Waals surface area (Å²) in [4.78, 5) is 30.5. The predicted octanol–water partition coefficient (Wildman–Crippen LogP) is 4.81. The number of aromatic nitrogens is 1. The molecule has 0 unspecified atom stereocenters. The molecule has 1 N–H and O–H groups in total. The van der Waals surface area contributed by atoms with E-state index in [4.69, 9.17) is 0 Å². The third-order valence-corrected chi connectivity index (χ3v) is 6.49. The van der Waals surface area contributed by atoms with Gasteiger partial charge in [-0.3, -0.25) is 9.59 Å². The lowest BCUT2D eigenvalue weighted by atomic mass is 10.2. The van der Waals surface area contributed by atoms with E-state index in [1.807, 2.05) is 29.6 Å². The molecule has 2 aromatic carbocycles. The molecular weight excluding hydrogens is 409 g/mol. The van der Waals surface area contributed by atoms with Gasteiger partial charge in [0.15, 0.2) is 4.34 Å². The Bertz CT molecular complexity index is 1040. The maximum atomic E-state index is 13.0. The molecule has 4 rings (SSSR count). The number of hydrogen-bond acceptors (Lipinski definition) is 5. The van der Waals surface area contributed by atoms with Crippen LogP contribution in [0.3, 0.4) is 0 Å². The van der Waals surface area contributed by atoms with E-state index in [1.54, 1.807) is 17.0 Å². The van der Waals surface area contributed by atoms with Crippen molar-refractivity contribution in [2.24, 2.45) is 0 Å². The van der Waals surface area contributed by atoms with Gasteiger partial charge in [-0.1, -0.05) is 17.8 Å². The number of thioether (sulfide) groups is 1. The van der Waals surface area contributed by atoms with Crippen molar-refractivity contribution < 1.29 is 14.0 Å². The van der Waals surface area contributed by atoms with Crippen LogP contribution in [0.1, 0.15) is 12.8 Å². The first-order chi connectivity index (χ1) is 14.1. The Morgan fingerprint density at radius 3 is 2.83 bits per heavy atom. The van der Waals surface area contributed by atoms with E-state index in [2.05, 4.69) is 10.3 Å². The van der Waals surface area contributed by atoms with Gasteiger partial charge in [-0.05, 0) is 48.9 Å². The molecule has 3 aromatic rings. The fraction of sp³-hybridized carbons (Fsp3) is 0.190. The summed E-state index contributed by atoms with van der Waals surface area (Å²) >= 11 is 2.80. The maximum Gasteiger partial charge on any atom is 0.234 e. The fourth-order valence-corrected chi connectivity index (χ4v) is 4.71. The van der Waals surface area contributed by atoms with Crippen molar-refractivity contribution in [1.82, 2.24) is 4.98 Å². The molecule has 0 bridgehead atoms. The molecule has 5 nitrogen and oxygen atoms in total. The third kappa shape index (κ3) is 4.83. The van der Waals surface area contributed by atoms with E-state index >= 15 is 0 Å². The molecule has 2 heterocycles. The van der Waals surface area contributed by atoms with E-state index in [1.165, 1.54) is 35.2 Å². The second-order valence-corrected chi connectivity index (χ2v) is 8.62. The van der Waals surface area contributed by atoms with E-state index in [0.29, 0.717) is 18.7 Å². The molecule has 8 heteroatoms. The number of nitrogens with one attached hydrogen (secondary N) is 1. The van der Waals surface area contributed by atoms with Gasteiger partial charge >= 0.3 is 0 Å². The van der Waals surface area contributed by atoms with E-state index in [9.17, 15) is 14.0 Å². The van der Waals surface area contributed by atoms with Crippen molar-refractivity contribution in [2.75, 3.05) is 22.5 Å². The molecule has 1 saturated heterocycles. The number of rotatable bonds is 6. The zero-order valence-corrected chi connectivity index (χ0v) is 17.1. The number of anilines is 2. The number of nitrogens with zero attached hydrogens (tertiary/aromatic N) is 2. The summed E-state index contributed by atoms with van der Waals surface area (Å²) in [5.74, 6) is -0.0833. The van der Waals surface area contributed by atoms with Crippen LogP contribution in [0.5, 0.6) is 0 Å². The van der Waals surface area contributed by atoms with Crippen LogP contribution in [0.25, 0.3) is 11.3 Å². The summed E-state index contributed by atoms with van der Waals surface area (Å²) in [6.07, 6.45) is 1.43. The van der Waals surface area contributed by atoms with Crippen LogP contribution >= 0.6 is 23.1 Å². The van der Waals surface area contributed by atoms with Crippen LogP contribution in [-0.2, 0) is 9.59 Å². The first-order valence-corrected chi connectivity index (χ1v) is 11.0. The fourth-order valence-electron chi connectivity index (χ4n) is 3.07. The normalized spacial score (nSPS) is 13.7. The van der Waals surface area contributed by atoms with Crippen LogP contribution in [0.2, 0.25) is 0 Å². The zero-order valence-electron chi connectivity index (χ0n) is 15.4. The van der Waals surface area contributed by atoms with Gasteiger partial charge < -0.3 is 10.2 Å². The molecule has 1 aliphatic rings. The largest absolute Gasteiger partial charge is 0.325 e. The standard InChI is InChI=1S/C21H18FN3O2S2/c22-15-8-6-14(7-9-15)18-12-28-21(24-18)29-13-19(26)23-16-3-1-4-17(11-16)25-10-2-5-20(25)27/h1,3-4,6-9,11-12H,2,5,10,13H2,(H,23,26). The van der Waals surface area contributed by atoms with Gasteiger partial charge in [0, 0.05) is 35.3 Å². The van der Waals surface area contributed by atoms with E-state index < -0.39 is 0 Å². The van der Waals surface area contributed by atoms with Crippen molar-refractivity contribution in [3.63, 3.8) is 0 Å². The van der Waals surface area contributed by atoms with Gasteiger partial charge in [-0.15, -0.1) is 11.3 Å². The first-order valence-electron chi connectivity index (χ1n) is 9.13. The summed E-state index contributed by atoms with van der Waals surface area (Å²) in [6.45, 7) is 0.715. The molecule has 1 aliphatic heterocycles. The Morgan fingerprint density at radius 2 is 2.07 bits per heavy atom. The zero-order chi connectivity index (χ0) is 20.2. The molecular formula is C21H18FN3O2S2. The van der Waals surface area contributed by atoms with E-state index in [0.717, 1.165) is 27.7 Å². The quantitative estimate of drug-likeness (QED) is 0.574. The summed E-state index contributed by atoms with van der Waals surface area (Å²) in [7, 11) is 0. The average molecular weight is 428 g/mol. The van der Waals surface area contributed by atoms with Gasteiger partial charge in [0.25, 0.3) is 0 Å². The molecule has 0 aliphatic carbocycles. The van der Waals surface area contributed by atoms with Crippen molar-refractivity contribution in [3.8, 4) is 11.3 Å². The number of carbonyl (C=O) groups is 2. The van der Waals surface area contributed by atoms with Crippen molar-refractivity contribution in [2.45, 2.75) is 17.2 Å². The molecule has 1 aromatic heterocycles. The van der Waals surface area contributed by atoms with Crippen LogP contribution in [0.4, 0.5) is 15.8 Å². The highest BCUT2D eigenvalue weighted by atomic mass is 32.2. The lowest BCUT2D eigenvalue weighted by Crippen LogP contribution is -2.23. The van der Waals surface area contributed by atoms with Gasteiger partial charge in [0.05, 0.1) is 11.4 Å². The monoisotopic (exact) mass is 427 g/mol. The minimum atomic E-state index is -0.284.